The Hall–Kier alpha value is -2.12. The summed E-state index contributed by atoms with van der Waals surface area (Å²) in [7, 11) is 5.85. The van der Waals surface area contributed by atoms with E-state index in [1.54, 1.807) is 18.4 Å². The molecule has 0 aliphatic heterocycles. The smallest absolute Gasteiger partial charge is 0.191 e. The lowest BCUT2D eigenvalue weighted by molar-refractivity contribution is 0.261. The van der Waals surface area contributed by atoms with Gasteiger partial charge in [-0.25, -0.2) is 4.98 Å². The molecular weight excluding hydrogens is 358 g/mol. The van der Waals surface area contributed by atoms with E-state index < -0.39 is 0 Å². The van der Waals surface area contributed by atoms with Crippen molar-refractivity contribution in [1.29, 1.82) is 0 Å². The summed E-state index contributed by atoms with van der Waals surface area (Å²) >= 11 is 1.68. The summed E-state index contributed by atoms with van der Waals surface area (Å²) in [6, 6.07) is 8.14. The van der Waals surface area contributed by atoms with Gasteiger partial charge in [0.2, 0.25) is 0 Å². The first-order valence-corrected chi connectivity index (χ1v) is 10.1. The fourth-order valence-electron chi connectivity index (χ4n) is 2.33. The van der Waals surface area contributed by atoms with E-state index in [0.29, 0.717) is 25.6 Å². The standard InChI is InChI=1S/C20H31N5OS/c1-15(2)18-14-27-19(24-18)13-23-20(21-3)22-12-16-7-6-8-17(11-16)26-10-9-25(4)5/h6-8,11,14-15H,9-10,12-13H2,1-5H3,(H2,21,22,23). The Labute approximate surface area is 166 Å². The molecule has 2 rings (SSSR count). The summed E-state index contributed by atoms with van der Waals surface area (Å²) in [5.74, 6) is 2.11. The average Bonchev–Trinajstić information content (AvgIpc) is 3.11. The number of aliphatic imine (C=N–C) groups is 1. The molecule has 0 atom stereocenters. The lowest BCUT2D eigenvalue weighted by Crippen LogP contribution is -2.36. The number of nitrogens with one attached hydrogen (secondary N) is 2. The van der Waals surface area contributed by atoms with Gasteiger partial charge >= 0.3 is 0 Å². The Morgan fingerprint density at radius 2 is 2.04 bits per heavy atom. The molecule has 1 heterocycles. The molecule has 27 heavy (non-hydrogen) atoms. The molecular formula is C20H31N5OS. The summed E-state index contributed by atoms with van der Waals surface area (Å²) in [4.78, 5) is 11.0. The third-order valence-corrected chi connectivity index (χ3v) is 4.82. The van der Waals surface area contributed by atoms with Gasteiger partial charge < -0.3 is 20.3 Å². The molecule has 0 amide bonds. The van der Waals surface area contributed by atoms with Crippen molar-refractivity contribution in [3.8, 4) is 5.75 Å². The van der Waals surface area contributed by atoms with Crippen LogP contribution in [0.2, 0.25) is 0 Å². The maximum Gasteiger partial charge on any atom is 0.191 e. The largest absolute Gasteiger partial charge is 0.492 e. The SMILES string of the molecule is CN=C(NCc1cccc(OCCN(C)C)c1)NCc1nc(C(C)C)cs1. The van der Waals surface area contributed by atoms with Gasteiger partial charge in [0.25, 0.3) is 0 Å². The van der Waals surface area contributed by atoms with Crippen LogP contribution < -0.4 is 15.4 Å². The van der Waals surface area contributed by atoms with Gasteiger partial charge in [-0.1, -0.05) is 26.0 Å². The molecule has 0 aliphatic rings. The predicted molar refractivity (Wildman–Crippen MR) is 114 cm³/mol. The van der Waals surface area contributed by atoms with E-state index in [4.69, 9.17) is 4.74 Å². The van der Waals surface area contributed by atoms with E-state index in [9.17, 15) is 0 Å². The van der Waals surface area contributed by atoms with Crippen LogP contribution in [0.15, 0.2) is 34.6 Å². The highest BCUT2D eigenvalue weighted by atomic mass is 32.1. The van der Waals surface area contributed by atoms with Gasteiger partial charge in [-0.05, 0) is 37.7 Å². The molecule has 7 heteroatoms. The van der Waals surface area contributed by atoms with Crippen LogP contribution >= 0.6 is 11.3 Å². The molecule has 0 unspecified atom stereocenters. The van der Waals surface area contributed by atoms with E-state index in [1.807, 2.05) is 26.2 Å². The van der Waals surface area contributed by atoms with Gasteiger partial charge in [0.15, 0.2) is 5.96 Å². The number of ether oxygens (including phenoxy) is 1. The number of hydrogen-bond acceptors (Lipinski definition) is 5. The molecule has 0 aliphatic carbocycles. The van der Waals surface area contributed by atoms with Gasteiger partial charge in [-0.3, -0.25) is 4.99 Å². The Kier molecular flexibility index (Phi) is 8.54. The van der Waals surface area contributed by atoms with Crippen molar-refractivity contribution in [1.82, 2.24) is 20.5 Å². The number of benzene rings is 1. The van der Waals surface area contributed by atoms with Crippen molar-refractivity contribution in [2.45, 2.75) is 32.9 Å². The Bertz CT molecular complexity index is 727. The van der Waals surface area contributed by atoms with Crippen LogP contribution in [0.5, 0.6) is 5.75 Å². The first-order valence-electron chi connectivity index (χ1n) is 9.23. The molecule has 148 valence electrons. The minimum atomic E-state index is 0.458. The summed E-state index contributed by atoms with van der Waals surface area (Å²) in [5.41, 5.74) is 2.29. The second-order valence-electron chi connectivity index (χ2n) is 6.90. The maximum atomic E-state index is 5.80. The molecule has 0 spiro atoms. The second kappa shape index (κ2) is 10.9. The first-order chi connectivity index (χ1) is 13.0. The van der Waals surface area contributed by atoms with Crippen molar-refractivity contribution >= 4 is 17.3 Å². The predicted octanol–water partition coefficient (Wildman–Crippen LogP) is 3.07. The molecule has 0 bridgehead atoms. The van der Waals surface area contributed by atoms with Crippen molar-refractivity contribution in [3.63, 3.8) is 0 Å². The van der Waals surface area contributed by atoms with E-state index in [2.05, 4.69) is 56.9 Å². The zero-order valence-corrected chi connectivity index (χ0v) is 17.8. The number of thiazole rings is 1. The van der Waals surface area contributed by atoms with Gasteiger partial charge in [0, 0.05) is 25.5 Å². The molecule has 0 fully saturated rings. The molecule has 2 N–H and O–H groups in total. The van der Waals surface area contributed by atoms with Crippen LogP contribution in [0.1, 0.15) is 36.0 Å². The highest BCUT2D eigenvalue weighted by Crippen LogP contribution is 2.17. The molecule has 6 nitrogen and oxygen atoms in total. The van der Waals surface area contributed by atoms with Crippen molar-refractivity contribution in [2.75, 3.05) is 34.3 Å². The third kappa shape index (κ3) is 7.56. The van der Waals surface area contributed by atoms with Gasteiger partial charge in [0.05, 0.1) is 12.2 Å². The van der Waals surface area contributed by atoms with E-state index >= 15 is 0 Å². The van der Waals surface area contributed by atoms with Gasteiger partial charge in [-0.15, -0.1) is 11.3 Å². The van der Waals surface area contributed by atoms with E-state index in [1.165, 1.54) is 0 Å². The molecule has 0 saturated carbocycles. The molecule has 1 aromatic carbocycles. The fourth-order valence-corrected chi connectivity index (χ4v) is 3.22. The quantitative estimate of drug-likeness (QED) is 0.510. The number of guanidine groups is 1. The van der Waals surface area contributed by atoms with Crippen LogP contribution in [0, 0.1) is 0 Å². The lowest BCUT2D eigenvalue weighted by Gasteiger charge is -2.13. The summed E-state index contributed by atoms with van der Waals surface area (Å²) in [6.45, 7) is 7.24. The number of nitrogens with zero attached hydrogens (tertiary/aromatic N) is 3. The average molecular weight is 390 g/mol. The molecule has 0 radical (unpaired) electrons. The first kappa shape index (κ1) is 21.2. The third-order valence-electron chi connectivity index (χ3n) is 3.96. The molecule has 2 aromatic rings. The van der Waals surface area contributed by atoms with Crippen molar-refractivity contribution in [3.05, 3.63) is 45.9 Å². The van der Waals surface area contributed by atoms with Crippen molar-refractivity contribution in [2.24, 2.45) is 4.99 Å². The monoisotopic (exact) mass is 389 g/mol. The summed E-state index contributed by atoms with van der Waals surface area (Å²) in [5, 5.41) is 9.85. The zero-order chi connectivity index (χ0) is 19.6. The van der Waals surface area contributed by atoms with Crippen LogP contribution in [-0.4, -0.2) is 50.1 Å². The van der Waals surface area contributed by atoms with Crippen LogP contribution in [0.4, 0.5) is 0 Å². The highest BCUT2D eigenvalue weighted by Gasteiger charge is 2.06. The molecule has 1 aromatic heterocycles. The number of rotatable bonds is 9. The summed E-state index contributed by atoms with van der Waals surface area (Å²) in [6.07, 6.45) is 0. The van der Waals surface area contributed by atoms with Crippen LogP contribution in [0.3, 0.4) is 0 Å². The van der Waals surface area contributed by atoms with Crippen molar-refractivity contribution < 1.29 is 4.74 Å². The maximum absolute atomic E-state index is 5.80. The summed E-state index contributed by atoms with van der Waals surface area (Å²) < 4.78 is 5.80. The Balaban J connectivity index is 1.81. The Morgan fingerprint density at radius 1 is 1.26 bits per heavy atom. The van der Waals surface area contributed by atoms with Crippen LogP contribution in [-0.2, 0) is 13.1 Å². The van der Waals surface area contributed by atoms with Gasteiger partial charge in [0.1, 0.15) is 17.4 Å². The fraction of sp³-hybridized carbons (Fsp3) is 0.500. The molecule has 0 saturated heterocycles. The number of hydrogen-bond donors (Lipinski definition) is 2. The van der Waals surface area contributed by atoms with Gasteiger partial charge in [-0.2, -0.15) is 0 Å². The Morgan fingerprint density at radius 3 is 2.70 bits per heavy atom. The number of aromatic nitrogens is 1. The highest BCUT2D eigenvalue weighted by molar-refractivity contribution is 7.09. The van der Waals surface area contributed by atoms with E-state index in [0.717, 1.165) is 34.5 Å². The normalized spacial score (nSPS) is 11.9. The zero-order valence-electron chi connectivity index (χ0n) is 17.0. The second-order valence-corrected chi connectivity index (χ2v) is 7.84. The minimum absolute atomic E-state index is 0.458. The van der Waals surface area contributed by atoms with E-state index in [-0.39, 0.29) is 0 Å². The topological polar surface area (TPSA) is 61.8 Å². The number of likely N-dealkylation sites (N-methyl/N-ethyl adjacent to an activating group) is 1. The minimum Gasteiger partial charge on any atom is -0.492 e. The van der Waals surface area contributed by atoms with Crippen LogP contribution in [0.25, 0.3) is 0 Å². The lowest BCUT2D eigenvalue weighted by atomic mass is 10.2.